The Morgan fingerprint density at radius 1 is 0.867 bits per heavy atom. The van der Waals surface area contributed by atoms with Crippen LogP contribution in [-0.4, -0.2) is 0 Å². The van der Waals surface area contributed by atoms with Crippen molar-refractivity contribution in [2.24, 2.45) is 0 Å². The summed E-state index contributed by atoms with van der Waals surface area (Å²) in [5.74, 6) is 0. The van der Waals surface area contributed by atoms with Crippen molar-refractivity contribution in [2.45, 2.75) is 13.3 Å². The molecule has 0 saturated carbocycles. The zero-order valence-corrected chi connectivity index (χ0v) is 10.9. The molecule has 1 heteroatoms. The van der Waals surface area contributed by atoms with Crippen molar-refractivity contribution in [2.75, 3.05) is 0 Å². The van der Waals surface area contributed by atoms with Gasteiger partial charge in [-0.05, 0) is 36.2 Å². The van der Waals surface area contributed by atoms with Gasteiger partial charge in [-0.2, -0.15) is 0 Å². The molecule has 0 aliphatic rings. The molecule has 0 aliphatic heterocycles. The molecule has 0 nitrogen and oxygen atoms in total. The largest absolute Gasteiger partial charge is 0.357 e. The number of hydrogen-bond donors (Lipinski definition) is 0. The molecule has 15 heavy (non-hydrogen) atoms. The van der Waals surface area contributed by atoms with Crippen molar-refractivity contribution in [1.29, 1.82) is 0 Å². The Labute approximate surface area is 102 Å². The zero-order chi connectivity index (χ0) is 10.5. The number of aryl methyl sites for hydroxylation is 1. The molecule has 0 aromatic heterocycles. The van der Waals surface area contributed by atoms with E-state index in [1.807, 2.05) is 0 Å². The van der Waals surface area contributed by atoms with Crippen LogP contribution in [-0.2, 0) is 6.42 Å². The summed E-state index contributed by atoms with van der Waals surface area (Å²) in [7, 11) is 0. The lowest BCUT2D eigenvalue weighted by Gasteiger charge is -1.93. The number of halogens is 1. The maximum absolute atomic E-state index is 2.35. The van der Waals surface area contributed by atoms with Gasteiger partial charge in [0.15, 0.2) is 7.14 Å². The lowest BCUT2D eigenvalue weighted by Crippen LogP contribution is -3.61. The fourth-order valence-electron chi connectivity index (χ4n) is 1.42. The summed E-state index contributed by atoms with van der Waals surface area (Å²) >= 11 is 0.00581. The Morgan fingerprint density at radius 2 is 1.60 bits per heavy atom. The smallest absolute Gasteiger partial charge is 0.0619 e. The van der Waals surface area contributed by atoms with Gasteiger partial charge in [0.1, 0.15) is 0 Å². The summed E-state index contributed by atoms with van der Waals surface area (Å²) in [6, 6.07) is 19.8. The van der Waals surface area contributed by atoms with E-state index in [-0.39, 0.29) is 21.2 Å². The highest BCUT2D eigenvalue weighted by molar-refractivity contribution is 5.14. The molecule has 2 rings (SSSR count). The van der Waals surface area contributed by atoms with Crippen molar-refractivity contribution in [1.82, 2.24) is 0 Å². The Balaban J connectivity index is 2.17. The van der Waals surface area contributed by atoms with E-state index in [0.29, 0.717) is 0 Å². The standard InChI is InChI=1S/C14H14I/c1-2-12-7-6-10-14(11-12)15-13-8-4-3-5-9-13/h3-11H,2H2,1H3/q+1. The Kier molecular flexibility index (Phi) is 3.78. The molecular formula is C14H14I+. The van der Waals surface area contributed by atoms with Crippen molar-refractivity contribution >= 4 is 0 Å². The number of rotatable bonds is 3. The van der Waals surface area contributed by atoms with Crippen LogP contribution in [0, 0.1) is 7.14 Å². The second kappa shape index (κ2) is 5.31. The van der Waals surface area contributed by atoms with Gasteiger partial charge in [-0.15, -0.1) is 0 Å². The van der Waals surface area contributed by atoms with Crippen molar-refractivity contribution in [3.63, 3.8) is 0 Å². The first-order chi connectivity index (χ1) is 7.38. The van der Waals surface area contributed by atoms with Gasteiger partial charge in [-0.25, -0.2) is 0 Å². The summed E-state index contributed by atoms with van der Waals surface area (Å²) < 4.78 is 3.00. The minimum Gasteiger partial charge on any atom is -0.0619 e. The van der Waals surface area contributed by atoms with E-state index in [0.717, 1.165) is 6.42 Å². The van der Waals surface area contributed by atoms with Crippen molar-refractivity contribution in [3.05, 3.63) is 67.3 Å². The molecule has 2 aromatic rings. The van der Waals surface area contributed by atoms with Gasteiger partial charge in [0.05, 0.1) is 0 Å². The highest BCUT2D eigenvalue weighted by Crippen LogP contribution is 1.98. The predicted octanol–water partition coefficient (Wildman–Crippen LogP) is 0.377. The monoisotopic (exact) mass is 309 g/mol. The maximum atomic E-state index is 2.35. The van der Waals surface area contributed by atoms with E-state index in [9.17, 15) is 0 Å². The Bertz CT molecular complexity index is 420. The first-order valence-corrected chi connectivity index (χ1v) is 7.33. The maximum Gasteiger partial charge on any atom is 0.357 e. The molecule has 76 valence electrons. The molecule has 0 unspecified atom stereocenters. The van der Waals surface area contributed by atoms with E-state index in [2.05, 4.69) is 61.5 Å². The van der Waals surface area contributed by atoms with Crippen LogP contribution in [0.1, 0.15) is 12.5 Å². The SMILES string of the molecule is CCc1cccc([I+]c2ccccc2)c1. The zero-order valence-electron chi connectivity index (χ0n) is 8.78. The summed E-state index contributed by atoms with van der Waals surface area (Å²) in [5.41, 5.74) is 1.45. The van der Waals surface area contributed by atoms with E-state index >= 15 is 0 Å². The second-order valence-corrected chi connectivity index (χ2v) is 6.40. The normalized spacial score (nSPS) is 10.2. The summed E-state index contributed by atoms with van der Waals surface area (Å²) in [4.78, 5) is 0. The summed E-state index contributed by atoms with van der Waals surface area (Å²) in [6.45, 7) is 2.21. The second-order valence-electron chi connectivity index (χ2n) is 3.37. The minimum absolute atomic E-state index is 0.00581. The van der Waals surface area contributed by atoms with Crippen LogP contribution in [0.15, 0.2) is 54.6 Å². The first kappa shape index (κ1) is 10.7. The molecule has 0 heterocycles. The lowest BCUT2D eigenvalue weighted by molar-refractivity contribution is -0.597. The van der Waals surface area contributed by atoms with Gasteiger partial charge in [-0.3, -0.25) is 0 Å². The first-order valence-electron chi connectivity index (χ1n) is 5.17. The molecule has 0 fully saturated rings. The highest BCUT2D eigenvalue weighted by Gasteiger charge is 2.14. The highest BCUT2D eigenvalue weighted by atomic mass is 127. The van der Waals surface area contributed by atoms with Gasteiger partial charge in [0, 0.05) is 0 Å². The molecule has 0 aliphatic carbocycles. The van der Waals surface area contributed by atoms with Gasteiger partial charge in [0.25, 0.3) is 0 Å². The summed E-state index contributed by atoms with van der Waals surface area (Å²) in [5, 5.41) is 0. The van der Waals surface area contributed by atoms with E-state index < -0.39 is 0 Å². The molecule has 0 amide bonds. The molecule has 0 radical (unpaired) electrons. The quantitative estimate of drug-likeness (QED) is 0.719. The molecule has 0 bridgehead atoms. The van der Waals surface area contributed by atoms with Crippen LogP contribution in [0.4, 0.5) is 0 Å². The number of hydrogen-bond acceptors (Lipinski definition) is 0. The van der Waals surface area contributed by atoms with Crippen LogP contribution in [0.2, 0.25) is 0 Å². The lowest BCUT2D eigenvalue weighted by atomic mass is 10.2. The molecule has 2 aromatic carbocycles. The molecular weight excluding hydrogens is 295 g/mol. The minimum atomic E-state index is 0.00581. The average molecular weight is 309 g/mol. The number of benzene rings is 2. The van der Waals surface area contributed by atoms with Crippen molar-refractivity contribution < 1.29 is 21.2 Å². The Hall–Kier alpha value is -0.830. The van der Waals surface area contributed by atoms with Gasteiger partial charge < -0.3 is 0 Å². The summed E-state index contributed by atoms with van der Waals surface area (Å²) in [6.07, 6.45) is 1.13. The third kappa shape index (κ3) is 3.06. The van der Waals surface area contributed by atoms with Gasteiger partial charge in [-0.1, -0.05) is 37.3 Å². The third-order valence-electron chi connectivity index (χ3n) is 2.25. The van der Waals surface area contributed by atoms with Crippen LogP contribution < -0.4 is 21.2 Å². The van der Waals surface area contributed by atoms with Gasteiger partial charge in [0.2, 0.25) is 0 Å². The topological polar surface area (TPSA) is 0 Å². The fourth-order valence-corrected chi connectivity index (χ4v) is 3.86. The van der Waals surface area contributed by atoms with Crippen molar-refractivity contribution in [3.8, 4) is 0 Å². The molecule has 0 atom stereocenters. The third-order valence-corrected chi connectivity index (χ3v) is 4.88. The van der Waals surface area contributed by atoms with E-state index in [4.69, 9.17) is 0 Å². The molecule has 0 N–H and O–H groups in total. The predicted molar refractivity (Wildman–Crippen MR) is 59.7 cm³/mol. The molecule has 0 saturated heterocycles. The van der Waals surface area contributed by atoms with Crippen LogP contribution in [0.3, 0.4) is 0 Å². The van der Waals surface area contributed by atoms with Crippen LogP contribution in [0.25, 0.3) is 0 Å². The molecule has 0 spiro atoms. The van der Waals surface area contributed by atoms with E-state index in [1.165, 1.54) is 12.7 Å². The van der Waals surface area contributed by atoms with Crippen LogP contribution in [0.5, 0.6) is 0 Å². The van der Waals surface area contributed by atoms with Crippen LogP contribution >= 0.6 is 0 Å². The average Bonchev–Trinajstić information content (AvgIpc) is 2.31. The Morgan fingerprint density at radius 3 is 2.33 bits per heavy atom. The van der Waals surface area contributed by atoms with Gasteiger partial charge >= 0.3 is 21.2 Å². The fraction of sp³-hybridized carbons (Fsp3) is 0.143. The van der Waals surface area contributed by atoms with E-state index in [1.54, 1.807) is 0 Å².